The summed E-state index contributed by atoms with van der Waals surface area (Å²) in [5.74, 6) is 0. The van der Waals surface area contributed by atoms with Crippen molar-refractivity contribution in [2.45, 2.75) is 0 Å². The number of aliphatic imine (C=N–C) groups is 1. The molecule has 22 heavy (non-hydrogen) atoms. The summed E-state index contributed by atoms with van der Waals surface area (Å²) in [7, 11) is 1.64. The molecule has 116 valence electrons. The van der Waals surface area contributed by atoms with E-state index in [2.05, 4.69) is 27.1 Å². The number of rotatable bonds is 5. The van der Waals surface area contributed by atoms with Crippen LogP contribution in [0.1, 0.15) is 0 Å². The highest BCUT2D eigenvalue weighted by atomic mass is 32.1. The Bertz CT molecular complexity index is 503. The van der Waals surface area contributed by atoms with E-state index in [-0.39, 0.29) is 0 Å². The summed E-state index contributed by atoms with van der Waals surface area (Å²) < 4.78 is 4.65. The van der Waals surface area contributed by atoms with Crippen molar-refractivity contribution in [1.82, 2.24) is 0 Å². The van der Waals surface area contributed by atoms with Crippen molar-refractivity contribution in [2.75, 3.05) is 30.9 Å². The van der Waals surface area contributed by atoms with Crippen molar-refractivity contribution in [3.05, 3.63) is 60.7 Å². The average Bonchev–Trinajstić information content (AvgIpc) is 2.55. The average molecular weight is 315 g/mol. The van der Waals surface area contributed by atoms with Crippen LogP contribution < -0.4 is 10.6 Å². The van der Waals surface area contributed by atoms with Crippen LogP contribution in [0.2, 0.25) is 0 Å². The summed E-state index contributed by atoms with van der Waals surface area (Å²) in [6, 6.07) is 19.7. The quantitative estimate of drug-likeness (QED) is 0.500. The van der Waals surface area contributed by atoms with Gasteiger partial charge in [-0.1, -0.05) is 36.4 Å². The largest absolute Gasteiger partial charge is 0.383 e. The van der Waals surface area contributed by atoms with Crippen LogP contribution in [0.4, 0.5) is 11.4 Å². The van der Waals surface area contributed by atoms with Crippen molar-refractivity contribution in [1.29, 1.82) is 0 Å². The molecule has 0 unspecified atom stereocenters. The maximum Gasteiger partial charge on any atom is 0.175 e. The first-order chi connectivity index (χ1) is 10.8. The van der Waals surface area contributed by atoms with Gasteiger partial charge in [-0.2, -0.15) is 0 Å². The molecule has 0 atom stereocenters. The number of nitrogens with one attached hydrogen (secondary N) is 2. The van der Waals surface area contributed by atoms with Gasteiger partial charge in [-0.3, -0.25) is 4.99 Å². The molecule has 0 aromatic heterocycles. The summed E-state index contributed by atoms with van der Waals surface area (Å²) >= 11 is 5.20. The molecule has 0 spiro atoms. The molecule has 0 heterocycles. The minimum atomic E-state index is 0.595. The number of hydrogen-bond acceptors (Lipinski definition) is 3. The monoisotopic (exact) mass is 315 g/mol. The zero-order chi connectivity index (χ0) is 16.0. The molecular formula is C17H21N3OS. The van der Waals surface area contributed by atoms with Crippen molar-refractivity contribution in [3.8, 4) is 0 Å². The predicted molar refractivity (Wildman–Crippen MR) is 99.0 cm³/mol. The third kappa shape index (κ3) is 8.14. The molecule has 5 heteroatoms. The maximum atomic E-state index is 5.20. The second-order valence-electron chi connectivity index (χ2n) is 4.25. The van der Waals surface area contributed by atoms with Crippen LogP contribution in [0.3, 0.4) is 0 Å². The lowest BCUT2D eigenvalue weighted by molar-refractivity contribution is 0.208. The first-order valence-electron chi connectivity index (χ1n) is 6.85. The van der Waals surface area contributed by atoms with Crippen LogP contribution in [-0.4, -0.2) is 32.1 Å². The lowest BCUT2D eigenvalue weighted by Crippen LogP contribution is -2.18. The number of para-hydroxylation sites is 2. The van der Waals surface area contributed by atoms with Crippen molar-refractivity contribution >= 4 is 35.4 Å². The summed E-state index contributed by atoms with van der Waals surface area (Å²) in [6.45, 7) is 4.66. The fraction of sp³-hybridized carbons (Fsp3) is 0.176. The molecule has 0 amide bonds. The Labute approximate surface area is 137 Å². The molecule has 0 saturated heterocycles. The van der Waals surface area contributed by atoms with Gasteiger partial charge in [0.2, 0.25) is 0 Å². The highest BCUT2D eigenvalue weighted by Gasteiger charge is 1.96. The van der Waals surface area contributed by atoms with Crippen LogP contribution in [-0.2, 0) is 4.74 Å². The van der Waals surface area contributed by atoms with Gasteiger partial charge in [0.05, 0.1) is 13.2 Å². The topological polar surface area (TPSA) is 45.6 Å². The Balaban J connectivity index is 0.000000346. The minimum Gasteiger partial charge on any atom is -0.383 e. The number of hydrogen-bond donors (Lipinski definition) is 2. The fourth-order valence-electron chi connectivity index (χ4n) is 1.49. The number of benzene rings is 2. The normalized spacial score (nSPS) is 9.14. The minimum absolute atomic E-state index is 0.595. The van der Waals surface area contributed by atoms with Crippen molar-refractivity contribution in [2.24, 2.45) is 4.99 Å². The zero-order valence-electron chi connectivity index (χ0n) is 12.7. The van der Waals surface area contributed by atoms with Gasteiger partial charge in [0.25, 0.3) is 0 Å². The second-order valence-corrected chi connectivity index (χ2v) is 4.66. The van der Waals surface area contributed by atoms with E-state index < -0.39 is 0 Å². The van der Waals surface area contributed by atoms with Crippen LogP contribution >= 0.6 is 12.2 Å². The first kappa shape index (κ1) is 17.8. The van der Waals surface area contributed by atoms with Gasteiger partial charge in [0.1, 0.15) is 0 Å². The van der Waals surface area contributed by atoms with Gasteiger partial charge in [-0.05, 0) is 43.2 Å². The van der Waals surface area contributed by atoms with Gasteiger partial charge in [-0.25, -0.2) is 0 Å². The van der Waals surface area contributed by atoms with Crippen molar-refractivity contribution in [3.63, 3.8) is 0 Å². The Morgan fingerprint density at radius 2 is 1.45 bits per heavy atom. The SMILES string of the molecule is C=NCCOC.S=C(Nc1ccccc1)Nc1ccccc1. The standard InChI is InChI=1S/C13H12N2S.C4H9NO/c16-13(14-11-7-3-1-4-8-11)15-12-9-5-2-6-10-12;1-5-3-4-6-2/h1-10H,(H2,14,15,16);1,3-4H2,2H3. The van der Waals surface area contributed by atoms with Gasteiger partial charge < -0.3 is 15.4 Å². The van der Waals surface area contributed by atoms with E-state index in [1.165, 1.54) is 0 Å². The number of nitrogens with zero attached hydrogens (tertiary/aromatic N) is 1. The van der Waals surface area contributed by atoms with Gasteiger partial charge >= 0.3 is 0 Å². The Morgan fingerprint density at radius 3 is 1.77 bits per heavy atom. The molecule has 2 aromatic rings. The van der Waals surface area contributed by atoms with E-state index in [1.54, 1.807) is 7.11 Å². The predicted octanol–water partition coefficient (Wildman–Crippen LogP) is 3.83. The van der Waals surface area contributed by atoms with Crippen LogP contribution in [0.25, 0.3) is 0 Å². The lowest BCUT2D eigenvalue weighted by Gasteiger charge is -2.09. The number of methoxy groups -OCH3 is 1. The molecule has 0 bridgehead atoms. The first-order valence-corrected chi connectivity index (χ1v) is 7.26. The third-order valence-corrected chi connectivity index (χ3v) is 2.72. The van der Waals surface area contributed by atoms with E-state index >= 15 is 0 Å². The summed E-state index contributed by atoms with van der Waals surface area (Å²) in [4.78, 5) is 3.55. The number of thiocarbonyl (C=S) groups is 1. The summed E-state index contributed by atoms with van der Waals surface area (Å²) in [5, 5.41) is 6.82. The number of ether oxygens (including phenoxy) is 1. The maximum absolute atomic E-state index is 5.20. The molecule has 0 aliphatic rings. The molecule has 4 nitrogen and oxygen atoms in total. The zero-order valence-corrected chi connectivity index (χ0v) is 13.5. The molecule has 0 saturated carbocycles. The third-order valence-electron chi connectivity index (χ3n) is 2.52. The molecular weight excluding hydrogens is 294 g/mol. The van der Waals surface area contributed by atoms with Crippen LogP contribution in [0.5, 0.6) is 0 Å². The molecule has 2 aromatic carbocycles. The van der Waals surface area contributed by atoms with Crippen molar-refractivity contribution < 1.29 is 4.74 Å². The Kier molecular flexibility index (Phi) is 9.25. The summed E-state index contributed by atoms with van der Waals surface area (Å²) in [5.41, 5.74) is 1.96. The number of anilines is 2. The van der Waals surface area contributed by atoms with Crippen LogP contribution in [0, 0.1) is 0 Å². The van der Waals surface area contributed by atoms with Gasteiger partial charge in [0, 0.05) is 18.5 Å². The Morgan fingerprint density at radius 1 is 1.00 bits per heavy atom. The fourth-order valence-corrected chi connectivity index (χ4v) is 1.73. The lowest BCUT2D eigenvalue weighted by atomic mass is 10.3. The van der Waals surface area contributed by atoms with E-state index in [9.17, 15) is 0 Å². The van der Waals surface area contributed by atoms with Gasteiger partial charge in [-0.15, -0.1) is 0 Å². The van der Waals surface area contributed by atoms with E-state index in [1.807, 2.05) is 60.7 Å². The van der Waals surface area contributed by atoms with Gasteiger partial charge in [0.15, 0.2) is 5.11 Å². The molecule has 0 aliphatic heterocycles. The molecule has 0 radical (unpaired) electrons. The Hall–Kier alpha value is -2.24. The molecule has 2 rings (SSSR count). The molecule has 2 N–H and O–H groups in total. The second kappa shape index (κ2) is 11.4. The highest BCUT2D eigenvalue weighted by molar-refractivity contribution is 7.80. The summed E-state index contributed by atoms with van der Waals surface area (Å²) in [6.07, 6.45) is 0. The molecule has 0 aliphatic carbocycles. The smallest absolute Gasteiger partial charge is 0.175 e. The van der Waals surface area contributed by atoms with E-state index in [4.69, 9.17) is 12.2 Å². The molecule has 0 fully saturated rings. The van der Waals surface area contributed by atoms with E-state index in [0.717, 1.165) is 11.4 Å². The van der Waals surface area contributed by atoms with Crippen LogP contribution in [0.15, 0.2) is 65.7 Å². The highest BCUT2D eigenvalue weighted by Crippen LogP contribution is 2.08. The van der Waals surface area contributed by atoms with E-state index in [0.29, 0.717) is 18.3 Å².